The maximum atomic E-state index is 12.5. The number of rotatable bonds is 7. The number of hydrogen-bond acceptors (Lipinski definition) is 10. The average molecular weight is 472 g/mol. The van der Waals surface area contributed by atoms with Gasteiger partial charge in [0.25, 0.3) is 5.22 Å². The monoisotopic (exact) mass is 471 g/mol. The molecule has 1 N–H and O–H groups in total. The molecular weight excluding hydrogens is 450 g/mol. The first kappa shape index (κ1) is 22.1. The number of nitriles is 1. The summed E-state index contributed by atoms with van der Waals surface area (Å²) in [5, 5.41) is 21.4. The molecular formula is C21H21N5O4S2. The molecule has 1 aliphatic heterocycles. The lowest BCUT2D eigenvalue weighted by molar-refractivity contribution is -0.113. The second-order valence-electron chi connectivity index (χ2n) is 7.12. The smallest absolute Gasteiger partial charge is 0.277 e. The van der Waals surface area contributed by atoms with Gasteiger partial charge in [0, 0.05) is 29.6 Å². The number of fused-ring (bicyclic) bond motifs is 1. The number of carbonyl (C=O) groups excluding carboxylic acids is 1. The molecule has 0 aliphatic carbocycles. The molecule has 0 bridgehead atoms. The summed E-state index contributed by atoms with van der Waals surface area (Å²) >= 11 is 2.60. The van der Waals surface area contributed by atoms with Crippen LogP contribution in [0.2, 0.25) is 0 Å². The Hall–Kier alpha value is -3.07. The molecule has 0 spiro atoms. The minimum absolute atomic E-state index is 0.0798. The van der Waals surface area contributed by atoms with Crippen LogP contribution in [0.5, 0.6) is 11.5 Å². The van der Waals surface area contributed by atoms with Crippen LogP contribution in [-0.2, 0) is 17.8 Å². The fraction of sp³-hybridized carbons (Fsp3) is 0.333. The Morgan fingerprint density at radius 2 is 2.06 bits per heavy atom. The fourth-order valence-corrected chi connectivity index (χ4v) is 5.20. The lowest BCUT2D eigenvalue weighted by Crippen LogP contribution is -2.25. The van der Waals surface area contributed by atoms with Crippen LogP contribution in [0.4, 0.5) is 5.00 Å². The molecule has 3 heterocycles. The van der Waals surface area contributed by atoms with Crippen molar-refractivity contribution in [3.8, 4) is 29.0 Å². The largest absolute Gasteiger partial charge is 0.497 e. The minimum atomic E-state index is -0.235. The van der Waals surface area contributed by atoms with E-state index < -0.39 is 0 Å². The van der Waals surface area contributed by atoms with Gasteiger partial charge in [0.1, 0.15) is 22.6 Å². The number of carbonyl (C=O) groups is 1. The van der Waals surface area contributed by atoms with Crippen LogP contribution in [0.3, 0.4) is 0 Å². The maximum absolute atomic E-state index is 12.5. The number of anilines is 1. The van der Waals surface area contributed by atoms with Gasteiger partial charge in [0.2, 0.25) is 11.8 Å². The number of thiophene rings is 1. The van der Waals surface area contributed by atoms with Gasteiger partial charge in [-0.25, -0.2) is 0 Å². The topological polar surface area (TPSA) is 114 Å². The molecule has 0 fully saturated rings. The van der Waals surface area contributed by atoms with E-state index in [4.69, 9.17) is 13.9 Å². The van der Waals surface area contributed by atoms with Gasteiger partial charge in [0.15, 0.2) is 0 Å². The third-order valence-electron chi connectivity index (χ3n) is 4.94. The van der Waals surface area contributed by atoms with Crippen LogP contribution in [0.15, 0.2) is 27.8 Å². The van der Waals surface area contributed by atoms with Gasteiger partial charge in [-0.15, -0.1) is 21.5 Å². The van der Waals surface area contributed by atoms with E-state index in [1.54, 1.807) is 32.4 Å². The number of ether oxygens (including phenoxy) is 2. The minimum Gasteiger partial charge on any atom is -0.497 e. The highest BCUT2D eigenvalue weighted by molar-refractivity contribution is 7.99. The summed E-state index contributed by atoms with van der Waals surface area (Å²) in [6, 6.07) is 7.51. The van der Waals surface area contributed by atoms with Crippen LogP contribution in [0.1, 0.15) is 16.0 Å². The SMILES string of the molecule is COc1cc(OC)cc(-c2nnc(SCC(=O)Nc3sc4c(c3C#N)CCN(C)C4)o2)c1. The van der Waals surface area contributed by atoms with Crippen molar-refractivity contribution in [2.75, 3.05) is 38.9 Å². The molecule has 0 saturated carbocycles. The van der Waals surface area contributed by atoms with E-state index in [2.05, 4.69) is 26.5 Å². The third-order valence-corrected chi connectivity index (χ3v) is 6.89. The highest BCUT2D eigenvalue weighted by atomic mass is 32.2. The van der Waals surface area contributed by atoms with Crippen molar-refractivity contribution in [1.82, 2.24) is 15.1 Å². The number of likely N-dealkylation sites (N-methyl/N-ethyl adjacent to an activating group) is 1. The number of nitrogens with zero attached hydrogens (tertiary/aromatic N) is 4. The first-order chi connectivity index (χ1) is 15.5. The highest BCUT2D eigenvalue weighted by Crippen LogP contribution is 2.36. The molecule has 1 amide bonds. The van der Waals surface area contributed by atoms with Gasteiger partial charge in [-0.05, 0) is 31.2 Å². The van der Waals surface area contributed by atoms with Crippen molar-refractivity contribution in [1.29, 1.82) is 5.26 Å². The van der Waals surface area contributed by atoms with Gasteiger partial charge in [-0.3, -0.25) is 4.79 Å². The first-order valence-corrected chi connectivity index (χ1v) is 11.5. The van der Waals surface area contributed by atoms with Crippen molar-refractivity contribution < 1.29 is 18.7 Å². The summed E-state index contributed by atoms with van der Waals surface area (Å²) in [4.78, 5) is 15.8. The van der Waals surface area contributed by atoms with Crippen molar-refractivity contribution in [3.63, 3.8) is 0 Å². The second-order valence-corrected chi connectivity index (χ2v) is 9.15. The normalized spacial score (nSPS) is 13.3. The number of thioether (sulfide) groups is 1. The van der Waals surface area contributed by atoms with Crippen molar-refractivity contribution in [2.24, 2.45) is 0 Å². The van der Waals surface area contributed by atoms with Crippen LogP contribution in [0.25, 0.3) is 11.5 Å². The molecule has 1 aromatic carbocycles. The van der Waals surface area contributed by atoms with E-state index in [0.717, 1.165) is 41.7 Å². The Kier molecular flexibility index (Phi) is 6.64. The quantitative estimate of drug-likeness (QED) is 0.518. The number of benzene rings is 1. The van der Waals surface area contributed by atoms with Crippen LogP contribution < -0.4 is 14.8 Å². The third kappa shape index (κ3) is 4.72. The van der Waals surface area contributed by atoms with Crippen molar-refractivity contribution >= 4 is 34.0 Å². The van der Waals surface area contributed by atoms with Crippen LogP contribution in [-0.4, -0.2) is 54.6 Å². The summed E-state index contributed by atoms with van der Waals surface area (Å²) < 4.78 is 16.2. The standard InChI is InChI=1S/C21H21N5O4S2/c1-26-5-4-15-16(9-22)20(32-17(15)10-26)23-18(27)11-31-21-25-24-19(30-21)12-6-13(28-2)8-14(7-12)29-3/h6-8H,4-5,10-11H2,1-3H3,(H,23,27). The molecule has 9 nitrogen and oxygen atoms in total. The zero-order valence-electron chi connectivity index (χ0n) is 17.8. The summed E-state index contributed by atoms with van der Waals surface area (Å²) in [5.74, 6) is 1.35. The summed E-state index contributed by atoms with van der Waals surface area (Å²) in [6.07, 6.45) is 0.815. The van der Waals surface area contributed by atoms with Crippen molar-refractivity contribution in [3.05, 3.63) is 34.2 Å². The molecule has 2 aromatic heterocycles. The number of hydrogen-bond donors (Lipinski definition) is 1. The molecule has 3 aromatic rings. The number of amides is 1. The van der Waals surface area contributed by atoms with Gasteiger partial charge in [0.05, 0.1) is 25.5 Å². The molecule has 0 unspecified atom stereocenters. The zero-order valence-corrected chi connectivity index (χ0v) is 19.4. The number of nitrogens with one attached hydrogen (secondary N) is 1. The molecule has 0 atom stereocenters. The van der Waals surface area contributed by atoms with Crippen molar-refractivity contribution in [2.45, 2.75) is 18.2 Å². The second kappa shape index (κ2) is 9.60. The Balaban J connectivity index is 1.41. The molecule has 11 heteroatoms. The molecule has 0 saturated heterocycles. The van der Waals surface area contributed by atoms with Gasteiger partial charge >= 0.3 is 0 Å². The Bertz CT molecular complexity index is 1160. The van der Waals surface area contributed by atoms with Gasteiger partial charge < -0.3 is 24.1 Å². The van der Waals surface area contributed by atoms with E-state index in [1.165, 1.54) is 11.3 Å². The number of methoxy groups -OCH3 is 2. The van der Waals surface area contributed by atoms with Gasteiger partial charge in [-0.1, -0.05) is 11.8 Å². The molecule has 32 heavy (non-hydrogen) atoms. The lowest BCUT2D eigenvalue weighted by Gasteiger charge is -2.21. The first-order valence-electron chi connectivity index (χ1n) is 9.73. The summed E-state index contributed by atoms with van der Waals surface area (Å²) in [5.41, 5.74) is 2.27. The lowest BCUT2D eigenvalue weighted by atomic mass is 10.0. The Morgan fingerprint density at radius 3 is 2.75 bits per heavy atom. The maximum Gasteiger partial charge on any atom is 0.277 e. The Labute approximate surface area is 193 Å². The molecule has 166 valence electrons. The van der Waals surface area contributed by atoms with E-state index >= 15 is 0 Å². The van der Waals surface area contributed by atoms with E-state index in [1.807, 2.05) is 7.05 Å². The number of aromatic nitrogens is 2. The Morgan fingerprint density at radius 1 is 1.31 bits per heavy atom. The molecule has 0 radical (unpaired) electrons. The summed E-state index contributed by atoms with van der Waals surface area (Å²) in [7, 11) is 5.17. The molecule has 4 rings (SSSR count). The van der Waals surface area contributed by atoms with E-state index in [0.29, 0.717) is 33.5 Å². The van der Waals surface area contributed by atoms with Crippen LogP contribution >= 0.6 is 23.1 Å². The fourth-order valence-electron chi connectivity index (χ4n) is 3.34. The molecule has 1 aliphatic rings. The average Bonchev–Trinajstić information content (AvgIpc) is 3.41. The van der Waals surface area contributed by atoms with E-state index in [-0.39, 0.29) is 16.9 Å². The van der Waals surface area contributed by atoms with Gasteiger partial charge in [-0.2, -0.15) is 5.26 Å². The highest BCUT2D eigenvalue weighted by Gasteiger charge is 2.24. The zero-order chi connectivity index (χ0) is 22.7. The predicted molar refractivity (Wildman–Crippen MR) is 121 cm³/mol. The predicted octanol–water partition coefficient (Wildman–Crippen LogP) is 3.41. The van der Waals surface area contributed by atoms with E-state index in [9.17, 15) is 10.1 Å². The summed E-state index contributed by atoms with van der Waals surface area (Å²) in [6.45, 7) is 1.69. The van der Waals surface area contributed by atoms with Crippen LogP contribution in [0, 0.1) is 11.3 Å².